The molecule has 3 nitrogen and oxygen atoms in total. The minimum atomic E-state index is -3.29. The Hall–Kier alpha value is -1.13. The van der Waals surface area contributed by atoms with Gasteiger partial charge in [0.1, 0.15) is 0 Å². The molecule has 1 rings (SSSR count). The zero-order valence-corrected chi connectivity index (χ0v) is 11.3. The van der Waals surface area contributed by atoms with Crippen LogP contribution in [0.15, 0.2) is 23.6 Å². The molecule has 0 fully saturated rings. The van der Waals surface area contributed by atoms with E-state index in [0.29, 0.717) is 16.9 Å². The molecular weight excluding hydrogens is 236 g/mol. The third kappa shape index (κ3) is 3.17. The van der Waals surface area contributed by atoms with Crippen LogP contribution in [0.25, 0.3) is 5.57 Å². The molecule has 0 aliphatic carbocycles. The van der Waals surface area contributed by atoms with Gasteiger partial charge in [0.15, 0.2) is 9.84 Å². The lowest BCUT2D eigenvalue weighted by atomic mass is 9.97. The van der Waals surface area contributed by atoms with Crippen LogP contribution in [0.1, 0.15) is 23.6 Å². The predicted molar refractivity (Wildman–Crippen MR) is 69.8 cm³/mol. The first-order chi connectivity index (χ1) is 7.77. The van der Waals surface area contributed by atoms with Crippen LogP contribution in [0.5, 0.6) is 0 Å². The molecular formula is C13H18O3S. The largest absolute Gasteiger partial charge is 0.396 e. The van der Waals surface area contributed by atoms with E-state index in [-0.39, 0.29) is 6.61 Å². The first kappa shape index (κ1) is 13.9. The molecule has 0 bridgehead atoms. The second-order valence-electron chi connectivity index (χ2n) is 4.32. The van der Waals surface area contributed by atoms with Gasteiger partial charge < -0.3 is 5.11 Å². The maximum absolute atomic E-state index is 11.7. The Bertz CT molecular complexity index is 542. The Labute approximate surface area is 103 Å². The van der Waals surface area contributed by atoms with E-state index in [1.165, 1.54) is 6.26 Å². The van der Waals surface area contributed by atoms with E-state index in [2.05, 4.69) is 6.58 Å². The lowest BCUT2D eigenvalue weighted by Gasteiger charge is -2.14. The molecule has 0 aliphatic heterocycles. The van der Waals surface area contributed by atoms with Gasteiger partial charge in [-0.25, -0.2) is 8.42 Å². The molecule has 0 saturated heterocycles. The van der Waals surface area contributed by atoms with Gasteiger partial charge in [-0.1, -0.05) is 18.2 Å². The third-order valence-corrected chi connectivity index (χ3v) is 3.74. The van der Waals surface area contributed by atoms with E-state index in [4.69, 9.17) is 5.11 Å². The lowest BCUT2D eigenvalue weighted by molar-refractivity contribution is 0.298. The van der Waals surface area contributed by atoms with Gasteiger partial charge in [0.05, 0.1) is 4.90 Å². The predicted octanol–water partition coefficient (Wildman–Crippen LogP) is 1.97. The average molecular weight is 254 g/mol. The monoisotopic (exact) mass is 254 g/mol. The fourth-order valence-corrected chi connectivity index (χ4v) is 2.92. The molecule has 0 spiro atoms. The molecule has 4 heteroatoms. The van der Waals surface area contributed by atoms with E-state index in [1.54, 1.807) is 6.07 Å². The summed E-state index contributed by atoms with van der Waals surface area (Å²) in [6, 6.07) is 3.55. The summed E-state index contributed by atoms with van der Waals surface area (Å²) in [5.74, 6) is 0. The normalized spacial score (nSPS) is 11.5. The van der Waals surface area contributed by atoms with Crippen LogP contribution < -0.4 is 0 Å². The number of hydrogen-bond donors (Lipinski definition) is 1. The van der Waals surface area contributed by atoms with Crippen molar-refractivity contribution in [3.8, 4) is 0 Å². The third-order valence-electron chi connectivity index (χ3n) is 2.57. The molecule has 0 heterocycles. The molecule has 1 aromatic rings. The summed E-state index contributed by atoms with van der Waals surface area (Å²) in [5, 5.41) is 9.06. The highest BCUT2D eigenvalue weighted by atomic mass is 32.2. The van der Waals surface area contributed by atoms with Gasteiger partial charge >= 0.3 is 0 Å². The molecule has 0 radical (unpaired) electrons. The van der Waals surface area contributed by atoms with Crippen LogP contribution in [0.3, 0.4) is 0 Å². The van der Waals surface area contributed by atoms with Gasteiger partial charge in [-0.05, 0) is 43.0 Å². The van der Waals surface area contributed by atoms with Crippen molar-refractivity contribution < 1.29 is 13.5 Å². The molecule has 0 saturated carbocycles. The van der Waals surface area contributed by atoms with Gasteiger partial charge in [-0.3, -0.25) is 0 Å². The summed E-state index contributed by atoms with van der Waals surface area (Å²) in [6.07, 6.45) is 1.51. The maximum atomic E-state index is 11.7. The summed E-state index contributed by atoms with van der Waals surface area (Å²) in [5.41, 5.74) is 3.17. The van der Waals surface area contributed by atoms with Crippen molar-refractivity contribution in [2.75, 3.05) is 12.9 Å². The minimum Gasteiger partial charge on any atom is -0.396 e. The van der Waals surface area contributed by atoms with Crippen molar-refractivity contribution in [1.29, 1.82) is 0 Å². The van der Waals surface area contributed by atoms with Gasteiger partial charge in [-0.15, -0.1) is 0 Å². The number of aliphatic hydroxyl groups is 1. The molecule has 0 amide bonds. The molecule has 0 aromatic heterocycles. The van der Waals surface area contributed by atoms with Crippen LogP contribution >= 0.6 is 0 Å². The van der Waals surface area contributed by atoms with Crippen molar-refractivity contribution in [3.63, 3.8) is 0 Å². The smallest absolute Gasteiger partial charge is 0.175 e. The van der Waals surface area contributed by atoms with E-state index in [1.807, 2.05) is 19.9 Å². The molecule has 0 atom stereocenters. The van der Waals surface area contributed by atoms with Crippen LogP contribution in [-0.4, -0.2) is 26.4 Å². The molecule has 1 N–H and O–H groups in total. The minimum absolute atomic E-state index is 0.0775. The molecule has 94 valence electrons. The Morgan fingerprint density at radius 1 is 1.41 bits per heavy atom. The van der Waals surface area contributed by atoms with Crippen LogP contribution in [0.2, 0.25) is 0 Å². The summed E-state index contributed by atoms with van der Waals surface area (Å²) < 4.78 is 23.5. The fraction of sp³-hybridized carbons (Fsp3) is 0.385. The summed E-state index contributed by atoms with van der Waals surface area (Å²) in [4.78, 5) is 0.296. The average Bonchev–Trinajstić information content (AvgIpc) is 2.18. The second-order valence-corrected chi connectivity index (χ2v) is 6.30. The number of allylic oxidation sites excluding steroid dienone is 1. The van der Waals surface area contributed by atoms with Crippen LogP contribution in [-0.2, 0) is 16.3 Å². The maximum Gasteiger partial charge on any atom is 0.175 e. The Balaban J connectivity index is 3.63. The second kappa shape index (κ2) is 5.02. The van der Waals surface area contributed by atoms with Crippen molar-refractivity contribution >= 4 is 15.4 Å². The van der Waals surface area contributed by atoms with Crippen LogP contribution in [0.4, 0.5) is 0 Å². The van der Waals surface area contributed by atoms with Crippen LogP contribution in [0, 0.1) is 6.92 Å². The zero-order valence-electron chi connectivity index (χ0n) is 10.4. The zero-order chi connectivity index (χ0) is 13.2. The van der Waals surface area contributed by atoms with Gasteiger partial charge in [0.2, 0.25) is 0 Å². The highest BCUT2D eigenvalue weighted by Gasteiger charge is 2.17. The highest BCUT2D eigenvalue weighted by Crippen LogP contribution is 2.27. The van der Waals surface area contributed by atoms with Crippen molar-refractivity contribution in [1.82, 2.24) is 0 Å². The van der Waals surface area contributed by atoms with Crippen molar-refractivity contribution in [2.24, 2.45) is 0 Å². The van der Waals surface area contributed by atoms with Crippen molar-refractivity contribution in [2.45, 2.75) is 25.2 Å². The highest BCUT2D eigenvalue weighted by molar-refractivity contribution is 7.90. The van der Waals surface area contributed by atoms with E-state index >= 15 is 0 Å². The molecule has 0 aliphatic rings. The number of hydrogen-bond acceptors (Lipinski definition) is 3. The Morgan fingerprint density at radius 2 is 2.00 bits per heavy atom. The summed E-state index contributed by atoms with van der Waals surface area (Å²) in [7, 11) is -3.29. The SMILES string of the molecule is C=C(C)c1cc(C)cc(S(C)(=O)=O)c1CCO. The number of benzene rings is 1. The summed E-state index contributed by atoms with van der Waals surface area (Å²) >= 11 is 0. The number of sulfone groups is 1. The van der Waals surface area contributed by atoms with Crippen molar-refractivity contribution in [3.05, 3.63) is 35.4 Å². The van der Waals surface area contributed by atoms with E-state index in [9.17, 15) is 8.42 Å². The quantitative estimate of drug-likeness (QED) is 0.893. The molecule has 1 aromatic carbocycles. The molecule has 17 heavy (non-hydrogen) atoms. The van der Waals surface area contributed by atoms with Gasteiger partial charge in [0.25, 0.3) is 0 Å². The number of rotatable bonds is 4. The Kier molecular flexibility index (Phi) is 4.11. The van der Waals surface area contributed by atoms with E-state index < -0.39 is 9.84 Å². The first-order valence-electron chi connectivity index (χ1n) is 5.37. The number of aryl methyl sites for hydroxylation is 1. The van der Waals surface area contributed by atoms with Gasteiger partial charge in [0, 0.05) is 12.9 Å². The Morgan fingerprint density at radius 3 is 2.41 bits per heavy atom. The standard InChI is InChI=1S/C13H18O3S/c1-9(2)12-7-10(3)8-13(17(4,15)16)11(12)5-6-14/h7-8,14H,1,5-6H2,2-4H3. The number of aliphatic hydroxyl groups excluding tert-OH is 1. The van der Waals surface area contributed by atoms with E-state index in [0.717, 1.165) is 16.7 Å². The fourth-order valence-electron chi connectivity index (χ4n) is 1.86. The summed E-state index contributed by atoms with van der Waals surface area (Å²) in [6.45, 7) is 7.46. The topological polar surface area (TPSA) is 54.4 Å². The van der Waals surface area contributed by atoms with Gasteiger partial charge in [-0.2, -0.15) is 0 Å². The first-order valence-corrected chi connectivity index (χ1v) is 7.27. The lowest BCUT2D eigenvalue weighted by Crippen LogP contribution is -2.08. The molecule has 0 unspecified atom stereocenters.